The Hall–Kier alpha value is -2.58. The highest BCUT2D eigenvalue weighted by atomic mass is 19.4. The van der Waals surface area contributed by atoms with Crippen LogP contribution in [0.2, 0.25) is 0 Å². The van der Waals surface area contributed by atoms with Crippen molar-refractivity contribution in [1.29, 1.82) is 0 Å². The van der Waals surface area contributed by atoms with Crippen molar-refractivity contribution in [2.45, 2.75) is 62.5 Å². The van der Waals surface area contributed by atoms with E-state index in [2.05, 4.69) is 16.7 Å². The predicted molar refractivity (Wildman–Crippen MR) is 141 cm³/mol. The van der Waals surface area contributed by atoms with Crippen molar-refractivity contribution >= 4 is 10.8 Å². The van der Waals surface area contributed by atoms with Crippen molar-refractivity contribution in [3.8, 4) is 0 Å². The molecular formula is C31H33F6N2. The molecule has 1 radical (unpaired) electrons. The lowest BCUT2D eigenvalue weighted by molar-refractivity contribution is -0.143. The second kappa shape index (κ2) is 10.8. The summed E-state index contributed by atoms with van der Waals surface area (Å²) in [5.74, 6) is 0. The highest BCUT2D eigenvalue weighted by molar-refractivity contribution is 5.83. The Bertz CT molecular complexity index is 1250. The van der Waals surface area contributed by atoms with E-state index in [9.17, 15) is 26.3 Å². The minimum Gasteiger partial charge on any atom is -0.298 e. The van der Waals surface area contributed by atoms with E-state index in [-0.39, 0.29) is 18.1 Å². The van der Waals surface area contributed by atoms with Gasteiger partial charge in [-0.05, 0) is 72.4 Å². The molecule has 2 fully saturated rings. The van der Waals surface area contributed by atoms with E-state index in [0.717, 1.165) is 41.6 Å². The molecule has 0 N–H and O–H groups in total. The van der Waals surface area contributed by atoms with E-state index in [1.165, 1.54) is 32.1 Å². The number of rotatable bonds is 5. The SMILES string of the molecule is [CH2]C(Cc1cc(C(F)(F)F)cc(C(F)(F)F)c1)(c1ccc2ccccc2c1)N1CCN(C2CCCCC2)CC1. The minimum absolute atomic E-state index is 0.0324. The molecule has 0 bridgehead atoms. The monoisotopic (exact) mass is 547 g/mol. The van der Waals surface area contributed by atoms with Gasteiger partial charge < -0.3 is 0 Å². The molecule has 209 valence electrons. The molecule has 3 aromatic carbocycles. The first-order chi connectivity index (χ1) is 18.4. The van der Waals surface area contributed by atoms with Gasteiger partial charge in [-0.2, -0.15) is 26.3 Å². The molecular weight excluding hydrogens is 514 g/mol. The van der Waals surface area contributed by atoms with E-state index >= 15 is 0 Å². The zero-order valence-corrected chi connectivity index (χ0v) is 21.8. The maximum atomic E-state index is 13.6. The Morgan fingerprint density at radius 3 is 1.85 bits per heavy atom. The van der Waals surface area contributed by atoms with Gasteiger partial charge >= 0.3 is 12.4 Å². The van der Waals surface area contributed by atoms with Gasteiger partial charge in [0.1, 0.15) is 0 Å². The summed E-state index contributed by atoms with van der Waals surface area (Å²) in [6.45, 7) is 7.40. The van der Waals surface area contributed by atoms with Crippen LogP contribution in [0.3, 0.4) is 0 Å². The van der Waals surface area contributed by atoms with Crippen LogP contribution >= 0.6 is 0 Å². The van der Waals surface area contributed by atoms with Crippen LogP contribution in [0.25, 0.3) is 10.8 Å². The molecule has 2 nitrogen and oxygen atoms in total. The summed E-state index contributed by atoms with van der Waals surface area (Å²) in [5.41, 5.74) is -2.89. The Kier molecular flexibility index (Phi) is 7.72. The summed E-state index contributed by atoms with van der Waals surface area (Å²) < 4.78 is 81.9. The van der Waals surface area contributed by atoms with Crippen LogP contribution in [-0.4, -0.2) is 42.0 Å². The number of benzene rings is 3. The molecule has 1 aliphatic heterocycles. The van der Waals surface area contributed by atoms with Gasteiger partial charge in [0, 0.05) is 32.2 Å². The van der Waals surface area contributed by atoms with E-state index in [1.54, 1.807) is 0 Å². The molecule has 1 unspecified atom stereocenters. The first kappa shape index (κ1) is 28.0. The molecule has 1 saturated heterocycles. The van der Waals surface area contributed by atoms with Crippen molar-refractivity contribution in [3.05, 3.63) is 89.8 Å². The van der Waals surface area contributed by atoms with Crippen LogP contribution in [0.4, 0.5) is 26.3 Å². The molecule has 3 aromatic rings. The zero-order valence-electron chi connectivity index (χ0n) is 21.8. The molecule has 0 spiro atoms. The number of alkyl halides is 6. The van der Waals surface area contributed by atoms with Gasteiger partial charge in [-0.1, -0.05) is 55.7 Å². The van der Waals surface area contributed by atoms with Gasteiger partial charge in [-0.25, -0.2) is 0 Å². The Morgan fingerprint density at radius 1 is 0.667 bits per heavy atom. The normalized spacial score (nSPS) is 20.3. The van der Waals surface area contributed by atoms with Gasteiger partial charge in [0.05, 0.1) is 16.7 Å². The summed E-state index contributed by atoms with van der Waals surface area (Å²) in [6, 6.07) is 16.0. The number of hydrogen-bond acceptors (Lipinski definition) is 2. The standard InChI is InChI=1S/C31H33F6N2/c1-29(25-12-11-23-7-5-6-8-24(23)19-25,39-15-13-38(14-16-39)28-9-3-2-4-10-28)21-22-17-26(30(32,33)34)20-27(18-22)31(35,36)37/h5-8,11-12,17-20,28H,1-4,9-10,13-16,21H2. The molecule has 8 heteroatoms. The minimum atomic E-state index is -4.89. The van der Waals surface area contributed by atoms with Crippen molar-refractivity contribution in [1.82, 2.24) is 9.80 Å². The van der Waals surface area contributed by atoms with Gasteiger partial charge in [-0.15, -0.1) is 0 Å². The summed E-state index contributed by atoms with van der Waals surface area (Å²) in [5, 5.41) is 1.95. The van der Waals surface area contributed by atoms with Crippen molar-refractivity contribution < 1.29 is 26.3 Å². The molecule has 0 amide bonds. The Morgan fingerprint density at radius 2 is 1.26 bits per heavy atom. The smallest absolute Gasteiger partial charge is 0.298 e. The topological polar surface area (TPSA) is 6.48 Å². The average molecular weight is 548 g/mol. The largest absolute Gasteiger partial charge is 0.416 e. The van der Waals surface area contributed by atoms with Crippen LogP contribution in [0, 0.1) is 6.92 Å². The quantitative estimate of drug-likeness (QED) is 0.298. The fourth-order valence-corrected chi connectivity index (χ4v) is 6.30. The molecule has 1 atom stereocenters. The third kappa shape index (κ3) is 6.12. The highest BCUT2D eigenvalue weighted by Crippen LogP contribution is 2.40. The van der Waals surface area contributed by atoms with Gasteiger partial charge in [0.25, 0.3) is 0 Å². The number of piperazine rings is 1. The summed E-state index contributed by atoms with van der Waals surface area (Å²) >= 11 is 0. The van der Waals surface area contributed by atoms with Crippen LogP contribution in [0.1, 0.15) is 54.4 Å². The maximum absolute atomic E-state index is 13.6. The van der Waals surface area contributed by atoms with Crippen molar-refractivity contribution in [2.24, 2.45) is 0 Å². The maximum Gasteiger partial charge on any atom is 0.416 e. The second-order valence-corrected chi connectivity index (χ2v) is 11.0. The third-order valence-corrected chi connectivity index (χ3v) is 8.44. The number of nitrogens with zero attached hydrogens (tertiary/aromatic N) is 2. The van der Waals surface area contributed by atoms with Crippen LogP contribution < -0.4 is 0 Å². The Labute approximate surface area is 225 Å². The number of fused-ring (bicyclic) bond motifs is 1. The summed E-state index contributed by atoms with van der Waals surface area (Å²) in [6.07, 6.45) is -3.83. The molecule has 0 aromatic heterocycles. The molecule has 39 heavy (non-hydrogen) atoms. The van der Waals surface area contributed by atoms with Crippen molar-refractivity contribution in [3.63, 3.8) is 0 Å². The molecule has 2 aliphatic rings. The van der Waals surface area contributed by atoms with E-state index in [0.29, 0.717) is 19.1 Å². The summed E-state index contributed by atoms with van der Waals surface area (Å²) in [7, 11) is 0. The van der Waals surface area contributed by atoms with E-state index in [1.807, 2.05) is 42.5 Å². The van der Waals surface area contributed by atoms with Crippen LogP contribution in [-0.2, 0) is 24.3 Å². The third-order valence-electron chi connectivity index (χ3n) is 8.44. The van der Waals surface area contributed by atoms with Crippen LogP contribution in [0.15, 0.2) is 60.7 Å². The predicted octanol–water partition coefficient (Wildman–Crippen LogP) is 8.10. The van der Waals surface area contributed by atoms with Crippen molar-refractivity contribution in [2.75, 3.05) is 26.2 Å². The molecule has 1 saturated carbocycles. The van der Waals surface area contributed by atoms with Gasteiger partial charge in [0.2, 0.25) is 0 Å². The second-order valence-electron chi connectivity index (χ2n) is 11.0. The zero-order chi connectivity index (χ0) is 27.8. The fourth-order valence-electron chi connectivity index (χ4n) is 6.30. The lowest BCUT2D eigenvalue weighted by Crippen LogP contribution is -2.57. The first-order valence-electron chi connectivity index (χ1n) is 13.6. The lowest BCUT2D eigenvalue weighted by Gasteiger charge is -2.48. The van der Waals surface area contributed by atoms with Gasteiger partial charge in [-0.3, -0.25) is 9.80 Å². The number of halogens is 6. The molecule has 1 heterocycles. The van der Waals surface area contributed by atoms with Gasteiger partial charge in [0.15, 0.2) is 0 Å². The fraction of sp³-hybridized carbons (Fsp3) is 0.452. The first-order valence-corrected chi connectivity index (χ1v) is 13.6. The van der Waals surface area contributed by atoms with E-state index in [4.69, 9.17) is 0 Å². The molecule has 5 rings (SSSR count). The highest BCUT2D eigenvalue weighted by Gasteiger charge is 2.40. The Balaban J connectivity index is 1.52. The molecule has 1 aliphatic carbocycles. The number of hydrogen-bond donors (Lipinski definition) is 0. The van der Waals surface area contributed by atoms with E-state index < -0.39 is 29.0 Å². The summed E-state index contributed by atoms with van der Waals surface area (Å²) in [4.78, 5) is 4.63. The van der Waals surface area contributed by atoms with Crippen LogP contribution in [0.5, 0.6) is 0 Å². The average Bonchev–Trinajstić information content (AvgIpc) is 2.92. The lowest BCUT2D eigenvalue weighted by atomic mass is 9.81.